The molecule has 18 heavy (non-hydrogen) atoms. The van der Waals surface area contributed by atoms with E-state index in [4.69, 9.17) is 4.74 Å². The van der Waals surface area contributed by atoms with Gasteiger partial charge in [0, 0.05) is 26.1 Å². The summed E-state index contributed by atoms with van der Waals surface area (Å²) in [5.41, 5.74) is 0. The van der Waals surface area contributed by atoms with E-state index in [-0.39, 0.29) is 17.9 Å². The van der Waals surface area contributed by atoms with Crippen LogP contribution in [0.5, 0.6) is 0 Å². The number of nitrogens with zero attached hydrogens (tertiary/aromatic N) is 1. The molecule has 0 saturated carbocycles. The highest BCUT2D eigenvalue weighted by Crippen LogP contribution is 2.14. The van der Waals surface area contributed by atoms with Gasteiger partial charge in [0.05, 0.1) is 13.2 Å². The van der Waals surface area contributed by atoms with E-state index < -0.39 is 6.04 Å². The number of carbonyl (C=O) groups is 2. The zero-order valence-electron chi connectivity index (χ0n) is 10.8. The SMILES string of the molecule is CNC(=O)C1COCCN1C(=O)CC1CCCN1. The molecule has 2 amide bonds. The minimum atomic E-state index is -0.474. The molecular formula is C12H21N3O3. The average molecular weight is 255 g/mol. The zero-order chi connectivity index (χ0) is 13.0. The lowest BCUT2D eigenvalue weighted by atomic mass is 10.1. The van der Waals surface area contributed by atoms with Crippen molar-refractivity contribution in [3.05, 3.63) is 0 Å². The van der Waals surface area contributed by atoms with E-state index in [2.05, 4.69) is 10.6 Å². The van der Waals surface area contributed by atoms with Crippen molar-refractivity contribution in [2.45, 2.75) is 31.3 Å². The first kappa shape index (κ1) is 13.3. The Morgan fingerprint density at radius 3 is 3.00 bits per heavy atom. The Balaban J connectivity index is 1.94. The fourth-order valence-corrected chi connectivity index (χ4v) is 2.55. The molecule has 2 fully saturated rings. The highest BCUT2D eigenvalue weighted by atomic mass is 16.5. The molecule has 6 heteroatoms. The standard InChI is InChI=1S/C12H21N3O3/c1-13-12(17)10-8-18-6-5-15(10)11(16)7-9-3-2-4-14-9/h9-10,14H,2-8H2,1H3,(H,13,17). The Morgan fingerprint density at radius 2 is 2.33 bits per heavy atom. The second kappa shape index (κ2) is 6.15. The summed E-state index contributed by atoms with van der Waals surface area (Å²) in [6.45, 7) is 2.30. The van der Waals surface area contributed by atoms with Crippen LogP contribution in [-0.2, 0) is 14.3 Å². The molecule has 0 aliphatic carbocycles. The zero-order valence-corrected chi connectivity index (χ0v) is 10.8. The predicted octanol–water partition coefficient (Wildman–Crippen LogP) is -0.898. The van der Waals surface area contributed by atoms with E-state index in [1.807, 2.05) is 0 Å². The lowest BCUT2D eigenvalue weighted by molar-refractivity contribution is -0.148. The molecule has 2 aliphatic rings. The Labute approximate surface area is 107 Å². The summed E-state index contributed by atoms with van der Waals surface area (Å²) in [4.78, 5) is 25.6. The lowest BCUT2D eigenvalue weighted by Crippen LogP contribution is -2.56. The van der Waals surface area contributed by atoms with Crippen molar-refractivity contribution in [3.8, 4) is 0 Å². The van der Waals surface area contributed by atoms with Crippen molar-refractivity contribution < 1.29 is 14.3 Å². The molecule has 2 rings (SSSR count). The highest BCUT2D eigenvalue weighted by molar-refractivity contribution is 5.88. The van der Waals surface area contributed by atoms with Gasteiger partial charge < -0.3 is 20.3 Å². The van der Waals surface area contributed by atoms with Crippen molar-refractivity contribution in [1.29, 1.82) is 0 Å². The summed E-state index contributed by atoms with van der Waals surface area (Å²) in [6, 6.07) is -0.205. The highest BCUT2D eigenvalue weighted by Gasteiger charge is 2.33. The van der Waals surface area contributed by atoms with Gasteiger partial charge in [-0.25, -0.2) is 0 Å². The largest absolute Gasteiger partial charge is 0.377 e. The number of ether oxygens (including phenoxy) is 1. The molecule has 0 aromatic heterocycles. The lowest BCUT2D eigenvalue weighted by Gasteiger charge is -2.34. The van der Waals surface area contributed by atoms with Gasteiger partial charge in [0.2, 0.25) is 11.8 Å². The maximum Gasteiger partial charge on any atom is 0.244 e. The Bertz CT molecular complexity index is 316. The molecule has 0 radical (unpaired) electrons. The Kier molecular flexibility index (Phi) is 4.54. The van der Waals surface area contributed by atoms with Gasteiger partial charge in [-0.3, -0.25) is 9.59 Å². The average Bonchev–Trinajstić information content (AvgIpc) is 2.90. The number of hydrogen-bond acceptors (Lipinski definition) is 4. The number of likely N-dealkylation sites (N-methyl/N-ethyl adjacent to an activating group) is 1. The summed E-state index contributed by atoms with van der Waals surface area (Å²) >= 11 is 0. The van der Waals surface area contributed by atoms with Gasteiger partial charge in [-0.05, 0) is 19.4 Å². The first-order valence-corrected chi connectivity index (χ1v) is 6.54. The van der Waals surface area contributed by atoms with Crippen LogP contribution in [0.25, 0.3) is 0 Å². The van der Waals surface area contributed by atoms with E-state index in [0.29, 0.717) is 26.2 Å². The molecule has 0 aromatic rings. The van der Waals surface area contributed by atoms with Crippen molar-refractivity contribution in [2.75, 3.05) is 33.4 Å². The summed E-state index contributed by atoms with van der Waals surface area (Å²) in [7, 11) is 1.58. The molecule has 2 N–H and O–H groups in total. The molecule has 102 valence electrons. The molecule has 2 atom stereocenters. The Morgan fingerprint density at radius 1 is 1.50 bits per heavy atom. The van der Waals surface area contributed by atoms with E-state index in [1.54, 1.807) is 11.9 Å². The summed E-state index contributed by atoms with van der Waals surface area (Å²) in [5, 5.41) is 5.89. The van der Waals surface area contributed by atoms with Gasteiger partial charge in [-0.2, -0.15) is 0 Å². The van der Waals surface area contributed by atoms with Crippen molar-refractivity contribution in [1.82, 2.24) is 15.5 Å². The van der Waals surface area contributed by atoms with Crippen LogP contribution >= 0.6 is 0 Å². The van der Waals surface area contributed by atoms with Gasteiger partial charge in [0.25, 0.3) is 0 Å². The number of hydrogen-bond donors (Lipinski definition) is 2. The van der Waals surface area contributed by atoms with Crippen LogP contribution in [0.15, 0.2) is 0 Å². The molecule has 0 bridgehead atoms. The number of carbonyl (C=O) groups excluding carboxylic acids is 2. The number of nitrogens with one attached hydrogen (secondary N) is 2. The summed E-state index contributed by atoms with van der Waals surface area (Å²) in [5.74, 6) is -0.103. The first-order valence-electron chi connectivity index (χ1n) is 6.54. The van der Waals surface area contributed by atoms with Crippen LogP contribution in [0.1, 0.15) is 19.3 Å². The van der Waals surface area contributed by atoms with E-state index in [0.717, 1.165) is 19.4 Å². The minimum absolute atomic E-state index is 0.0475. The molecule has 6 nitrogen and oxygen atoms in total. The molecule has 0 spiro atoms. The molecule has 2 heterocycles. The van der Waals surface area contributed by atoms with Gasteiger partial charge in [-0.15, -0.1) is 0 Å². The van der Waals surface area contributed by atoms with Crippen molar-refractivity contribution in [2.24, 2.45) is 0 Å². The normalized spacial score (nSPS) is 28.2. The fraction of sp³-hybridized carbons (Fsp3) is 0.833. The van der Waals surface area contributed by atoms with E-state index in [9.17, 15) is 9.59 Å². The maximum atomic E-state index is 12.2. The van der Waals surface area contributed by atoms with Crippen molar-refractivity contribution >= 4 is 11.8 Å². The third-order valence-electron chi connectivity index (χ3n) is 3.58. The van der Waals surface area contributed by atoms with Gasteiger partial charge in [0.15, 0.2) is 0 Å². The molecular weight excluding hydrogens is 234 g/mol. The second-order valence-corrected chi connectivity index (χ2v) is 4.79. The first-order chi connectivity index (χ1) is 8.72. The minimum Gasteiger partial charge on any atom is -0.377 e. The molecule has 2 saturated heterocycles. The van der Waals surface area contributed by atoms with Gasteiger partial charge in [-0.1, -0.05) is 0 Å². The van der Waals surface area contributed by atoms with Gasteiger partial charge >= 0.3 is 0 Å². The number of rotatable bonds is 3. The van der Waals surface area contributed by atoms with Crippen LogP contribution in [-0.4, -0.2) is 62.1 Å². The number of morpholine rings is 1. The van der Waals surface area contributed by atoms with E-state index in [1.165, 1.54) is 0 Å². The van der Waals surface area contributed by atoms with Crippen LogP contribution < -0.4 is 10.6 Å². The van der Waals surface area contributed by atoms with Crippen LogP contribution in [0.4, 0.5) is 0 Å². The quantitative estimate of drug-likeness (QED) is 0.686. The van der Waals surface area contributed by atoms with Crippen LogP contribution in [0.2, 0.25) is 0 Å². The monoisotopic (exact) mass is 255 g/mol. The second-order valence-electron chi connectivity index (χ2n) is 4.79. The topological polar surface area (TPSA) is 70.7 Å². The Hall–Kier alpha value is -1.14. The molecule has 0 aromatic carbocycles. The summed E-state index contributed by atoms with van der Waals surface area (Å²) < 4.78 is 5.29. The van der Waals surface area contributed by atoms with Crippen LogP contribution in [0.3, 0.4) is 0 Å². The van der Waals surface area contributed by atoms with E-state index >= 15 is 0 Å². The van der Waals surface area contributed by atoms with Crippen molar-refractivity contribution in [3.63, 3.8) is 0 Å². The van der Waals surface area contributed by atoms with Gasteiger partial charge in [0.1, 0.15) is 6.04 Å². The third kappa shape index (κ3) is 3.00. The molecule has 2 unspecified atom stereocenters. The third-order valence-corrected chi connectivity index (χ3v) is 3.58. The van der Waals surface area contributed by atoms with Crippen LogP contribution in [0, 0.1) is 0 Å². The summed E-state index contributed by atoms with van der Waals surface area (Å²) in [6.07, 6.45) is 2.65. The molecule has 2 aliphatic heterocycles. The predicted molar refractivity (Wildman–Crippen MR) is 66.0 cm³/mol. The fourth-order valence-electron chi connectivity index (χ4n) is 2.55. The smallest absolute Gasteiger partial charge is 0.244 e. The number of amides is 2. The maximum absolute atomic E-state index is 12.2.